The second-order valence-corrected chi connectivity index (χ2v) is 3.34. The number of benzene rings is 1. The summed E-state index contributed by atoms with van der Waals surface area (Å²) in [6, 6.07) is 8.22. The average Bonchev–Trinajstić information content (AvgIpc) is 2.64. The first-order valence-corrected chi connectivity index (χ1v) is 4.72. The predicted octanol–water partition coefficient (Wildman–Crippen LogP) is 2.17. The molecule has 1 aromatic heterocycles. The SMILES string of the molecule is Cn1ccc(CNc2ccc(F)cc2)n1. The zero-order chi connectivity index (χ0) is 10.7. The molecule has 4 heteroatoms. The van der Waals surface area contributed by atoms with Crippen LogP contribution < -0.4 is 5.32 Å². The summed E-state index contributed by atoms with van der Waals surface area (Å²) in [4.78, 5) is 0. The van der Waals surface area contributed by atoms with Gasteiger partial charge in [0, 0.05) is 18.9 Å². The first-order chi connectivity index (χ1) is 7.24. The van der Waals surface area contributed by atoms with E-state index in [0.717, 1.165) is 11.4 Å². The topological polar surface area (TPSA) is 29.9 Å². The maximum absolute atomic E-state index is 12.6. The fourth-order valence-corrected chi connectivity index (χ4v) is 1.32. The highest BCUT2D eigenvalue weighted by atomic mass is 19.1. The molecule has 0 aliphatic rings. The van der Waals surface area contributed by atoms with Crippen LogP contribution in [0.25, 0.3) is 0 Å². The minimum absolute atomic E-state index is 0.224. The smallest absolute Gasteiger partial charge is 0.123 e. The van der Waals surface area contributed by atoms with Crippen LogP contribution in [0.3, 0.4) is 0 Å². The van der Waals surface area contributed by atoms with Crippen LogP contribution in [0.4, 0.5) is 10.1 Å². The van der Waals surface area contributed by atoms with Crippen molar-refractivity contribution in [2.45, 2.75) is 6.54 Å². The van der Waals surface area contributed by atoms with E-state index in [0.29, 0.717) is 6.54 Å². The van der Waals surface area contributed by atoms with Crippen LogP contribution in [0, 0.1) is 5.82 Å². The van der Waals surface area contributed by atoms with Crippen LogP contribution in [0.5, 0.6) is 0 Å². The standard InChI is InChI=1S/C11H12FN3/c1-15-7-6-11(14-15)8-13-10-4-2-9(12)3-5-10/h2-7,13H,8H2,1H3. The maximum atomic E-state index is 12.6. The highest BCUT2D eigenvalue weighted by Crippen LogP contribution is 2.09. The summed E-state index contributed by atoms with van der Waals surface area (Å²) >= 11 is 0. The van der Waals surface area contributed by atoms with E-state index in [9.17, 15) is 4.39 Å². The summed E-state index contributed by atoms with van der Waals surface area (Å²) in [6.45, 7) is 0.645. The Morgan fingerprint density at radius 2 is 2.00 bits per heavy atom. The van der Waals surface area contributed by atoms with Crippen molar-refractivity contribution in [1.29, 1.82) is 0 Å². The Morgan fingerprint density at radius 3 is 2.60 bits per heavy atom. The van der Waals surface area contributed by atoms with Crippen molar-refractivity contribution in [2.24, 2.45) is 7.05 Å². The number of aromatic nitrogens is 2. The Kier molecular flexibility index (Phi) is 2.67. The normalized spacial score (nSPS) is 10.3. The van der Waals surface area contributed by atoms with E-state index < -0.39 is 0 Å². The number of nitrogens with one attached hydrogen (secondary N) is 1. The monoisotopic (exact) mass is 205 g/mol. The predicted molar refractivity (Wildman–Crippen MR) is 56.9 cm³/mol. The van der Waals surface area contributed by atoms with E-state index in [-0.39, 0.29) is 5.82 Å². The lowest BCUT2D eigenvalue weighted by Gasteiger charge is -2.03. The first-order valence-electron chi connectivity index (χ1n) is 4.72. The number of halogens is 1. The molecule has 0 atom stereocenters. The van der Waals surface area contributed by atoms with Crippen LogP contribution in [-0.4, -0.2) is 9.78 Å². The van der Waals surface area contributed by atoms with Gasteiger partial charge < -0.3 is 5.32 Å². The molecule has 1 aromatic carbocycles. The molecule has 0 fully saturated rings. The molecule has 0 radical (unpaired) electrons. The van der Waals surface area contributed by atoms with Crippen molar-refractivity contribution >= 4 is 5.69 Å². The molecule has 0 unspecified atom stereocenters. The molecule has 1 heterocycles. The molecule has 1 N–H and O–H groups in total. The molecule has 78 valence electrons. The van der Waals surface area contributed by atoms with Gasteiger partial charge in [-0.2, -0.15) is 5.10 Å². The molecule has 0 aliphatic heterocycles. The summed E-state index contributed by atoms with van der Waals surface area (Å²) < 4.78 is 14.4. The quantitative estimate of drug-likeness (QED) is 0.832. The van der Waals surface area contributed by atoms with Gasteiger partial charge in [-0.3, -0.25) is 4.68 Å². The molecule has 0 saturated carbocycles. The summed E-state index contributed by atoms with van der Waals surface area (Å²) in [6.07, 6.45) is 1.89. The third-order valence-electron chi connectivity index (χ3n) is 2.09. The Bertz CT molecular complexity index is 433. The molecule has 0 aliphatic carbocycles. The van der Waals surface area contributed by atoms with E-state index >= 15 is 0 Å². The Morgan fingerprint density at radius 1 is 1.27 bits per heavy atom. The second kappa shape index (κ2) is 4.13. The molecule has 0 saturated heterocycles. The molecule has 0 amide bonds. The average molecular weight is 205 g/mol. The highest BCUT2D eigenvalue weighted by Gasteiger charge is 1.97. The highest BCUT2D eigenvalue weighted by molar-refractivity contribution is 5.42. The summed E-state index contributed by atoms with van der Waals surface area (Å²) in [5.41, 5.74) is 1.85. The molecule has 3 nitrogen and oxygen atoms in total. The lowest BCUT2D eigenvalue weighted by atomic mass is 10.3. The lowest BCUT2D eigenvalue weighted by molar-refractivity contribution is 0.628. The number of aryl methyl sites for hydroxylation is 1. The molecule has 15 heavy (non-hydrogen) atoms. The van der Waals surface area contributed by atoms with Crippen LogP contribution in [0.2, 0.25) is 0 Å². The van der Waals surface area contributed by atoms with Gasteiger partial charge in [-0.05, 0) is 30.3 Å². The van der Waals surface area contributed by atoms with Gasteiger partial charge in [0.15, 0.2) is 0 Å². The van der Waals surface area contributed by atoms with Gasteiger partial charge in [0.05, 0.1) is 12.2 Å². The van der Waals surface area contributed by atoms with Crippen molar-refractivity contribution in [1.82, 2.24) is 9.78 Å². The van der Waals surface area contributed by atoms with Gasteiger partial charge in [-0.25, -0.2) is 4.39 Å². The van der Waals surface area contributed by atoms with Crippen molar-refractivity contribution in [2.75, 3.05) is 5.32 Å². The summed E-state index contributed by atoms with van der Waals surface area (Å²) in [5, 5.41) is 7.38. The fourth-order valence-electron chi connectivity index (χ4n) is 1.32. The van der Waals surface area contributed by atoms with Gasteiger partial charge in [0.1, 0.15) is 5.82 Å². The zero-order valence-corrected chi connectivity index (χ0v) is 8.44. The second-order valence-electron chi connectivity index (χ2n) is 3.34. The number of nitrogens with zero attached hydrogens (tertiary/aromatic N) is 2. The van der Waals surface area contributed by atoms with Gasteiger partial charge in [0.25, 0.3) is 0 Å². The van der Waals surface area contributed by atoms with Crippen molar-refractivity contribution in [3.8, 4) is 0 Å². The van der Waals surface area contributed by atoms with E-state index in [1.165, 1.54) is 12.1 Å². The largest absolute Gasteiger partial charge is 0.379 e. The van der Waals surface area contributed by atoms with E-state index in [4.69, 9.17) is 0 Å². The van der Waals surface area contributed by atoms with Gasteiger partial charge in [-0.15, -0.1) is 0 Å². The number of hydrogen-bond donors (Lipinski definition) is 1. The molecule has 0 bridgehead atoms. The molecule has 2 aromatic rings. The Balaban J connectivity index is 1.96. The number of anilines is 1. The number of hydrogen-bond acceptors (Lipinski definition) is 2. The molecule has 2 rings (SSSR count). The first kappa shape index (κ1) is 9.71. The lowest BCUT2D eigenvalue weighted by Crippen LogP contribution is -2.00. The minimum Gasteiger partial charge on any atom is -0.379 e. The molecular formula is C11H12FN3. The van der Waals surface area contributed by atoms with Crippen LogP contribution in [0.1, 0.15) is 5.69 Å². The van der Waals surface area contributed by atoms with Gasteiger partial charge in [0.2, 0.25) is 0 Å². The molecular weight excluding hydrogens is 193 g/mol. The fraction of sp³-hybridized carbons (Fsp3) is 0.182. The molecule has 0 spiro atoms. The van der Waals surface area contributed by atoms with E-state index in [2.05, 4.69) is 10.4 Å². The number of rotatable bonds is 3. The van der Waals surface area contributed by atoms with Gasteiger partial charge in [-0.1, -0.05) is 0 Å². The summed E-state index contributed by atoms with van der Waals surface area (Å²) in [7, 11) is 1.88. The van der Waals surface area contributed by atoms with Crippen LogP contribution in [-0.2, 0) is 13.6 Å². The Labute approximate surface area is 87.5 Å². The van der Waals surface area contributed by atoms with E-state index in [1.807, 2.05) is 19.3 Å². The Hall–Kier alpha value is -1.84. The van der Waals surface area contributed by atoms with Crippen LogP contribution in [0.15, 0.2) is 36.5 Å². The van der Waals surface area contributed by atoms with Crippen molar-refractivity contribution in [3.05, 3.63) is 48.0 Å². The third kappa shape index (κ3) is 2.56. The maximum Gasteiger partial charge on any atom is 0.123 e. The van der Waals surface area contributed by atoms with E-state index in [1.54, 1.807) is 16.8 Å². The third-order valence-corrected chi connectivity index (χ3v) is 2.09. The zero-order valence-electron chi connectivity index (χ0n) is 8.44. The minimum atomic E-state index is -0.224. The van der Waals surface area contributed by atoms with Crippen molar-refractivity contribution in [3.63, 3.8) is 0 Å². The van der Waals surface area contributed by atoms with Crippen LogP contribution >= 0.6 is 0 Å². The van der Waals surface area contributed by atoms with Crippen molar-refractivity contribution < 1.29 is 4.39 Å². The summed E-state index contributed by atoms with van der Waals surface area (Å²) in [5.74, 6) is -0.224. The van der Waals surface area contributed by atoms with Gasteiger partial charge >= 0.3 is 0 Å².